The number of hydrogen-bond donors (Lipinski definition) is 1. The summed E-state index contributed by atoms with van der Waals surface area (Å²) in [6, 6.07) is 12.7. The molecule has 21 heavy (non-hydrogen) atoms. The number of hydrogen-bond acceptors (Lipinski definition) is 3. The minimum Gasteiger partial charge on any atom is -0.348 e. The number of amides is 1. The van der Waals surface area contributed by atoms with Crippen LogP contribution in [0.15, 0.2) is 54.9 Å². The molecule has 3 aromatic rings. The predicted octanol–water partition coefficient (Wildman–Crippen LogP) is 3.21. The van der Waals surface area contributed by atoms with Crippen molar-refractivity contribution in [1.82, 2.24) is 15.3 Å². The lowest BCUT2D eigenvalue weighted by Crippen LogP contribution is -2.23. The van der Waals surface area contributed by atoms with Crippen LogP contribution in [0.3, 0.4) is 0 Å². The molecule has 5 heteroatoms. The van der Waals surface area contributed by atoms with Crippen molar-refractivity contribution in [2.75, 3.05) is 0 Å². The van der Waals surface area contributed by atoms with Crippen LogP contribution in [0.25, 0.3) is 11.0 Å². The van der Waals surface area contributed by atoms with Crippen LogP contribution in [-0.2, 0) is 6.54 Å². The van der Waals surface area contributed by atoms with Crippen molar-refractivity contribution >= 4 is 28.5 Å². The molecule has 0 aliphatic carbocycles. The lowest BCUT2D eigenvalue weighted by atomic mass is 10.1. The topological polar surface area (TPSA) is 54.9 Å². The molecule has 0 unspecified atom stereocenters. The van der Waals surface area contributed by atoms with Crippen LogP contribution in [0.2, 0.25) is 5.02 Å². The number of nitrogens with one attached hydrogen (secondary N) is 1. The Morgan fingerprint density at radius 1 is 1.05 bits per heavy atom. The molecule has 0 fully saturated rings. The van der Waals surface area contributed by atoms with Gasteiger partial charge in [0.15, 0.2) is 0 Å². The van der Waals surface area contributed by atoms with E-state index in [1.54, 1.807) is 36.7 Å². The highest BCUT2D eigenvalue weighted by Gasteiger charge is 2.09. The Morgan fingerprint density at radius 3 is 2.62 bits per heavy atom. The number of fused-ring (bicyclic) bond motifs is 1. The first-order valence-corrected chi connectivity index (χ1v) is 6.84. The third-order valence-corrected chi connectivity index (χ3v) is 3.43. The Labute approximate surface area is 126 Å². The summed E-state index contributed by atoms with van der Waals surface area (Å²) in [7, 11) is 0. The highest BCUT2D eigenvalue weighted by atomic mass is 35.5. The SMILES string of the molecule is O=C(NCc1ccc2nccnc2c1)c1ccccc1Cl. The maximum Gasteiger partial charge on any atom is 0.253 e. The van der Waals surface area contributed by atoms with Gasteiger partial charge in [0, 0.05) is 18.9 Å². The maximum atomic E-state index is 12.1. The average Bonchev–Trinajstić information content (AvgIpc) is 2.53. The lowest BCUT2D eigenvalue weighted by molar-refractivity contribution is 0.0951. The fraction of sp³-hybridized carbons (Fsp3) is 0.0625. The Bertz CT molecular complexity index is 804. The smallest absolute Gasteiger partial charge is 0.253 e. The molecule has 104 valence electrons. The van der Waals surface area contributed by atoms with Crippen LogP contribution in [0.5, 0.6) is 0 Å². The quantitative estimate of drug-likeness (QED) is 0.807. The zero-order chi connectivity index (χ0) is 14.7. The van der Waals surface area contributed by atoms with Crippen molar-refractivity contribution in [3.8, 4) is 0 Å². The van der Waals surface area contributed by atoms with Gasteiger partial charge in [-0.1, -0.05) is 29.8 Å². The predicted molar refractivity (Wildman–Crippen MR) is 82.2 cm³/mol. The zero-order valence-corrected chi connectivity index (χ0v) is 11.8. The summed E-state index contributed by atoms with van der Waals surface area (Å²) >= 11 is 6.00. The summed E-state index contributed by atoms with van der Waals surface area (Å²) in [5.41, 5.74) is 3.07. The summed E-state index contributed by atoms with van der Waals surface area (Å²) in [4.78, 5) is 20.5. The van der Waals surface area contributed by atoms with Crippen LogP contribution in [0, 0.1) is 0 Å². The van der Waals surface area contributed by atoms with Crippen molar-refractivity contribution in [3.05, 3.63) is 71.0 Å². The fourth-order valence-electron chi connectivity index (χ4n) is 2.04. The highest BCUT2D eigenvalue weighted by molar-refractivity contribution is 6.33. The summed E-state index contributed by atoms with van der Waals surface area (Å²) in [5, 5.41) is 3.29. The molecular formula is C16H12ClN3O. The number of carbonyl (C=O) groups is 1. The van der Waals surface area contributed by atoms with Crippen molar-refractivity contribution in [2.45, 2.75) is 6.54 Å². The third-order valence-electron chi connectivity index (χ3n) is 3.11. The fourth-order valence-corrected chi connectivity index (χ4v) is 2.26. The minimum atomic E-state index is -0.195. The monoisotopic (exact) mass is 297 g/mol. The molecule has 1 N–H and O–H groups in total. The first-order valence-electron chi connectivity index (χ1n) is 6.46. The van der Waals surface area contributed by atoms with E-state index in [1.807, 2.05) is 18.2 Å². The summed E-state index contributed by atoms with van der Waals surface area (Å²) < 4.78 is 0. The lowest BCUT2D eigenvalue weighted by Gasteiger charge is -2.07. The van der Waals surface area contributed by atoms with Gasteiger partial charge in [-0.3, -0.25) is 14.8 Å². The van der Waals surface area contributed by atoms with E-state index in [2.05, 4.69) is 15.3 Å². The van der Waals surface area contributed by atoms with E-state index >= 15 is 0 Å². The Morgan fingerprint density at radius 2 is 1.81 bits per heavy atom. The molecule has 1 aromatic heterocycles. The van der Waals surface area contributed by atoms with Crippen molar-refractivity contribution in [1.29, 1.82) is 0 Å². The van der Waals surface area contributed by atoms with E-state index in [4.69, 9.17) is 11.6 Å². The molecule has 0 bridgehead atoms. The molecule has 0 saturated carbocycles. The van der Waals surface area contributed by atoms with Gasteiger partial charge in [0.1, 0.15) is 0 Å². The number of benzene rings is 2. The van der Waals surface area contributed by atoms with Crippen LogP contribution in [-0.4, -0.2) is 15.9 Å². The highest BCUT2D eigenvalue weighted by Crippen LogP contribution is 2.15. The van der Waals surface area contributed by atoms with Gasteiger partial charge < -0.3 is 5.32 Å². The number of halogens is 1. The molecule has 0 saturated heterocycles. The van der Waals surface area contributed by atoms with Crippen LogP contribution < -0.4 is 5.32 Å². The number of nitrogens with zero attached hydrogens (tertiary/aromatic N) is 2. The zero-order valence-electron chi connectivity index (χ0n) is 11.1. The van der Waals surface area contributed by atoms with Gasteiger partial charge in [-0.2, -0.15) is 0 Å². The van der Waals surface area contributed by atoms with Gasteiger partial charge in [0.05, 0.1) is 21.6 Å². The van der Waals surface area contributed by atoms with E-state index in [1.165, 1.54) is 0 Å². The Hall–Kier alpha value is -2.46. The van der Waals surface area contributed by atoms with Gasteiger partial charge in [0.25, 0.3) is 5.91 Å². The summed E-state index contributed by atoms with van der Waals surface area (Å²) in [6.45, 7) is 0.413. The Kier molecular flexibility index (Phi) is 3.79. The molecule has 1 heterocycles. The van der Waals surface area contributed by atoms with Crippen molar-refractivity contribution in [3.63, 3.8) is 0 Å². The van der Waals surface area contributed by atoms with Crippen LogP contribution in [0.1, 0.15) is 15.9 Å². The van der Waals surface area contributed by atoms with E-state index in [9.17, 15) is 4.79 Å². The molecule has 4 nitrogen and oxygen atoms in total. The number of rotatable bonds is 3. The molecule has 2 aromatic carbocycles. The van der Waals surface area contributed by atoms with Gasteiger partial charge in [-0.25, -0.2) is 0 Å². The molecule has 0 spiro atoms. The van der Waals surface area contributed by atoms with Crippen LogP contribution in [0.4, 0.5) is 0 Å². The van der Waals surface area contributed by atoms with E-state index < -0.39 is 0 Å². The molecular weight excluding hydrogens is 286 g/mol. The second-order valence-electron chi connectivity index (χ2n) is 4.54. The molecule has 3 rings (SSSR count). The minimum absolute atomic E-state index is 0.195. The van der Waals surface area contributed by atoms with E-state index in [0.717, 1.165) is 16.6 Å². The molecule has 0 aliphatic heterocycles. The van der Waals surface area contributed by atoms with Gasteiger partial charge in [-0.05, 0) is 29.8 Å². The van der Waals surface area contributed by atoms with E-state index in [-0.39, 0.29) is 5.91 Å². The average molecular weight is 298 g/mol. The number of carbonyl (C=O) groups excluding carboxylic acids is 1. The third kappa shape index (κ3) is 3.01. The van der Waals surface area contributed by atoms with E-state index in [0.29, 0.717) is 17.1 Å². The molecule has 0 radical (unpaired) electrons. The summed E-state index contributed by atoms with van der Waals surface area (Å²) in [6.07, 6.45) is 3.30. The normalized spacial score (nSPS) is 10.5. The largest absolute Gasteiger partial charge is 0.348 e. The van der Waals surface area contributed by atoms with Gasteiger partial charge in [-0.15, -0.1) is 0 Å². The second kappa shape index (κ2) is 5.89. The second-order valence-corrected chi connectivity index (χ2v) is 4.95. The standard InChI is InChI=1S/C16H12ClN3O/c17-13-4-2-1-3-12(13)16(21)20-10-11-5-6-14-15(9-11)19-8-7-18-14/h1-9H,10H2,(H,20,21). The molecule has 0 aliphatic rings. The van der Waals surface area contributed by atoms with Gasteiger partial charge in [0.2, 0.25) is 0 Å². The number of aromatic nitrogens is 2. The summed E-state index contributed by atoms with van der Waals surface area (Å²) in [5.74, 6) is -0.195. The van der Waals surface area contributed by atoms with Gasteiger partial charge >= 0.3 is 0 Å². The van der Waals surface area contributed by atoms with Crippen molar-refractivity contribution < 1.29 is 4.79 Å². The van der Waals surface area contributed by atoms with Crippen molar-refractivity contribution in [2.24, 2.45) is 0 Å². The first-order chi connectivity index (χ1) is 10.2. The molecule has 0 atom stereocenters. The van der Waals surface area contributed by atoms with Crippen LogP contribution >= 0.6 is 11.6 Å². The molecule has 1 amide bonds. The first kappa shape index (κ1) is 13.5. The maximum absolute atomic E-state index is 12.1. The Balaban J connectivity index is 1.74.